The minimum absolute atomic E-state index is 0.209. The number of hydrogen-bond acceptors (Lipinski definition) is 4. The van der Waals surface area contributed by atoms with Gasteiger partial charge in [-0.3, -0.25) is 9.52 Å². The SMILES string of the molecule is CCN(CC)CCNC(=O)c1cccc(NS(C)(=O)=O)c1. The highest BCUT2D eigenvalue weighted by Crippen LogP contribution is 2.11. The summed E-state index contributed by atoms with van der Waals surface area (Å²) in [5.41, 5.74) is 0.817. The van der Waals surface area contributed by atoms with Crippen molar-refractivity contribution in [2.45, 2.75) is 13.8 Å². The van der Waals surface area contributed by atoms with Crippen molar-refractivity contribution in [1.82, 2.24) is 10.2 Å². The molecule has 0 fully saturated rings. The highest BCUT2D eigenvalue weighted by atomic mass is 32.2. The first-order valence-electron chi connectivity index (χ1n) is 6.94. The summed E-state index contributed by atoms with van der Waals surface area (Å²) in [4.78, 5) is 14.2. The first-order chi connectivity index (χ1) is 9.85. The number of nitrogens with one attached hydrogen (secondary N) is 2. The molecule has 1 aromatic rings. The number of likely N-dealkylation sites (N-methyl/N-ethyl adjacent to an activating group) is 1. The van der Waals surface area contributed by atoms with Crippen molar-refractivity contribution in [2.24, 2.45) is 0 Å². The van der Waals surface area contributed by atoms with E-state index >= 15 is 0 Å². The summed E-state index contributed by atoms with van der Waals surface area (Å²) in [6.07, 6.45) is 1.07. The fraction of sp³-hybridized carbons (Fsp3) is 0.500. The van der Waals surface area contributed by atoms with Gasteiger partial charge in [0.1, 0.15) is 0 Å². The van der Waals surface area contributed by atoms with Gasteiger partial charge in [-0.1, -0.05) is 19.9 Å². The summed E-state index contributed by atoms with van der Waals surface area (Å²) >= 11 is 0. The average molecular weight is 313 g/mol. The highest BCUT2D eigenvalue weighted by molar-refractivity contribution is 7.92. The van der Waals surface area contributed by atoms with Crippen molar-refractivity contribution < 1.29 is 13.2 Å². The molecule has 6 nitrogen and oxygen atoms in total. The number of rotatable bonds is 8. The molecule has 0 aliphatic rings. The lowest BCUT2D eigenvalue weighted by molar-refractivity contribution is 0.0949. The van der Waals surface area contributed by atoms with Gasteiger partial charge in [-0.05, 0) is 31.3 Å². The zero-order valence-corrected chi connectivity index (χ0v) is 13.5. The molecule has 0 aromatic heterocycles. The molecule has 2 N–H and O–H groups in total. The molecule has 0 aliphatic heterocycles. The van der Waals surface area contributed by atoms with E-state index in [0.29, 0.717) is 17.8 Å². The van der Waals surface area contributed by atoms with Gasteiger partial charge in [-0.2, -0.15) is 0 Å². The third-order valence-corrected chi connectivity index (χ3v) is 3.64. The fourth-order valence-electron chi connectivity index (χ4n) is 1.91. The molecule has 118 valence electrons. The molecule has 1 amide bonds. The Labute approximate surface area is 126 Å². The molecule has 0 aliphatic carbocycles. The van der Waals surface area contributed by atoms with Gasteiger partial charge < -0.3 is 10.2 Å². The van der Waals surface area contributed by atoms with Crippen LogP contribution in [-0.4, -0.2) is 51.7 Å². The van der Waals surface area contributed by atoms with Crippen molar-refractivity contribution in [3.05, 3.63) is 29.8 Å². The Morgan fingerprint density at radius 3 is 2.48 bits per heavy atom. The van der Waals surface area contributed by atoms with Crippen LogP contribution in [0.2, 0.25) is 0 Å². The van der Waals surface area contributed by atoms with Gasteiger partial charge >= 0.3 is 0 Å². The van der Waals surface area contributed by atoms with Crippen LogP contribution in [-0.2, 0) is 10.0 Å². The molecule has 0 spiro atoms. The Morgan fingerprint density at radius 2 is 1.90 bits per heavy atom. The van der Waals surface area contributed by atoms with E-state index in [1.165, 1.54) is 6.07 Å². The van der Waals surface area contributed by atoms with E-state index in [2.05, 4.69) is 28.8 Å². The predicted molar refractivity (Wildman–Crippen MR) is 85.0 cm³/mol. The van der Waals surface area contributed by atoms with Gasteiger partial charge in [0.05, 0.1) is 6.26 Å². The number of amides is 1. The quantitative estimate of drug-likeness (QED) is 0.754. The number of anilines is 1. The van der Waals surface area contributed by atoms with Crippen LogP contribution in [0.5, 0.6) is 0 Å². The first kappa shape index (κ1) is 17.5. The molecule has 7 heteroatoms. The Kier molecular flexibility index (Phi) is 6.64. The van der Waals surface area contributed by atoms with Crippen LogP contribution in [0.1, 0.15) is 24.2 Å². The van der Waals surface area contributed by atoms with Gasteiger partial charge in [0.25, 0.3) is 5.91 Å². The minimum atomic E-state index is -3.34. The number of nitrogens with zero attached hydrogens (tertiary/aromatic N) is 1. The lowest BCUT2D eigenvalue weighted by Crippen LogP contribution is -2.34. The maximum atomic E-state index is 12.0. The number of hydrogen-bond donors (Lipinski definition) is 2. The lowest BCUT2D eigenvalue weighted by Gasteiger charge is -2.18. The van der Waals surface area contributed by atoms with Crippen LogP contribution in [0.3, 0.4) is 0 Å². The average Bonchev–Trinajstić information content (AvgIpc) is 2.42. The van der Waals surface area contributed by atoms with Crippen LogP contribution in [0, 0.1) is 0 Å². The van der Waals surface area contributed by atoms with Crippen LogP contribution >= 0.6 is 0 Å². The van der Waals surface area contributed by atoms with Gasteiger partial charge in [0.15, 0.2) is 0 Å². The zero-order valence-electron chi connectivity index (χ0n) is 12.7. The van der Waals surface area contributed by atoms with Crippen molar-refractivity contribution in [3.8, 4) is 0 Å². The van der Waals surface area contributed by atoms with Gasteiger partial charge in [-0.15, -0.1) is 0 Å². The molecular weight excluding hydrogens is 290 g/mol. The lowest BCUT2D eigenvalue weighted by atomic mass is 10.2. The minimum Gasteiger partial charge on any atom is -0.351 e. The maximum absolute atomic E-state index is 12.0. The maximum Gasteiger partial charge on any atom is 0.251 e. The Bertz CT molecular complexity index is 569. The zero-order chi connectivity index (χ0) is 15.9. The standard InChI is InChI=1S/C14H23N3O3S/c1-4-17(5-2)10-9-15-14(18)12-7-6-8-13(11-12)16-21(3,19)20/h6-8,11,16H,4-5,9-10H2,1-3H3,(H,15,18). The van der Waals surface area contributed by atoms with E-state index in [0.717, 1.165) is 25.9 Å². The normalized spacial score (nSPS) is 11.4. The van der Waals surface area contributed by atoms with Gasteiger partial charge in [0, 0.05) is 24.3 Å². The molecule has 0 radical (unpaired) electrons. The van der Waals surface area contributed by atoms with E-state index in [1.54, 1.807) is 18.2 Å². The van der Waals surface area contributed by atoms with Crippen molar-refractivity contribution >= 4 is 21.6 Å². The molecule has 0 saturated heterocycles. The third kappa shape index (κ3) is 6.59. The summed E-state index contributed by atoms with van der Waals surface area (Å²) in [5.74, 6) is -0.209. The number of sulfonamides is 1. The Balaban J connectivity index is 2.60. The van der Waals surface area contributed by atoms with Crippen LogP contribution in [0.4, 0.5) is 5.69 Å². The summed E-state index contributed by atoms with van der Waals surface area (Å²) in [7, 11) is -3.34. The molecule has 1 aromatic carbocycles. The second-order valence-electron chi connectivity index (χ2n) is 4.74. The second-order valence-corrected chi connectivity index (χ2v) is 6.49. The molecule has 0 heterocycles. The molecule has 1 rings (SSSR count). The first-order valence-corrected chi connectivity index (χ1v) is 8.83. The van der Waals surface area contributed by atoms with Crippen LogP contribution in [0.25, 0.3) is 0 Å². The smallest absolute Gasteiger partial charge is 0.251 e. The predicted octanol–water partition coefficient (Wildman–Crippen LogP) is 1.13. The van der Waals surface area contributed by atoms with Crippen LogP contribution < -0.4 is 10.0 Å². The molecule has 0 unspecified atom stereocenters. The van der Waals surface area contributed by atoms with Gasteiger partial charge in [-0.25, -0.2) is 8.42 Å². The molecule has 0 atom stereocenters. The monoisotopic (exact) mass is 313 g/mol. The summed E-state index contributed by atoms with van der Waals surface area (Å²) in [6.45, 7) is 7.39. The largest absolute Gasteiger partial charge is 0.351 e. The Morgan fingerprint density at radius 1 is 1.24 bits per heavy atom. The van der Waals surface area contributed by atoms with Crippen molar-refractivity contribution in [1.29, 1.82) is 0 Å². The molecule has 21 heavy (non-hydrogen) atoms. The van der Waals surface area contributed by atoms with E-state index < -0.39 is 10.0 Å². The van der Waals surface area contributed by atoms with Crippen molar-refractivity contribution in [3.63, 3.8) is 0 Å². The third-order valence-electron chi connectivity index (χ3n) is 3.04. The summed E-state index contributed by atoms with van der Waals surface area (Å²) < 4.78 is 24.7. The van der Waals surface area contributed by atoms with E-state index in [4.69, 9.17) is 0 Å². The van der Waals surface area contributed by atoms with Crippen molar-refractivity contribution in [2.75, 3.05) is 37.2 Å². The van der Waals surface area contributed by atoms with Crippen LogP contribution in [0.15, 0.2) is 24.3 Å². The second kappa shape index (κ2) is 7.99. The number of carbonyl (C=O) groups is 1. The topological polar surface area (TPSA) is 78.5 Å². The summed E-state index contributed by atoms with van der Waals surface area (Å²) in [6, 6.07) is 6.43. The summed E-state index contributed by atoms with van der Waals surface area (Å²) in [5, 5.41) is 2.83. The van der Waals surface area contributed by atoms with E-state index in [1.807, 2.05) is 0 Å². The Hall–Kier alpha value is -1.60. The molecular formula is C14H23N3O3S. The highest BCUT2D eigenvalue weighted by Gasteiger charge is 2.08. The molecule has 0 saturated carbocycles. The molecule has 0 bridgehead atoms. The number of benzene rings is 1. The van der Waals surface area contributed by atoms with E-state index in [9.17, 15) is 13.2 Å². The number of carbonyl (C=O) groups excluding carboxylic acids is 1. The van der Waals surface area contributed by atoms with Gasteiger partial charge in [0.2, 0.25) is 10.0 Å². The van der Waals surface area contributed by atoms with E-state index in [-0.39, 0.29) is 5.91 Å². The fourth-order valence-corrected chi connectivity index (χ4v) is 2.46.